The predicted molar refractivity (Wildman–Crippen MR) is 87.8 cm³/mol. The van der Waals surface area contributed by atoms with E-state index in [1.165, 1.54) is 38.6 Å². The van der Waals surface area contributed by atoms with Crippen molar-refractivity contribution < 1.29 is 0 Å². The molecular formula is C17H38N2. The molecule has 2 nitrogen and oxygen atoms in total. The molecule has 0 aliphatic heterocycles. The first-order chi connectivity index (χ1) is 8.72. The Balaban J connectivity index is 3.44. The topological polar surface area (TPSA) is 15.3 Å². The van der Waals surface area contributed by atoms with Gasteiger partial charge in [-0.3, -0.25) is 0 Å². The highest BCUT2D eigenvalue weighted by atomic mass is 15.1. The summed E-state index contributed by atoms with van der Waals surface area (Å²) in [5, 5.41) is 3.55. The van der Waals surface area contributed by atoms with Crippen molar-refractivity contribution in [2.24, 2.45) is 5.92 Å². The van der Waals surface area contributed by atoms with Gasteiger partial charge in [0.15, 0.2) is 0 Å². The minimum absolute atomic E-state index is 0.270. The largest absolute Gasteiger partial charge is 0.312 e. The van der Waals surface area contributed by atoms with E-state index in [9.17, 15) is 0 Å². The average molecular weight is 271 g/mol. The van der Waals surface area contributed by atoms with Gasteiger partial charge in [-0.2, -0.15) is 0 Å². The van der Waals surface area contributed by atoms with Crippen molar-refractivity contribution in [1.82, 2.24) is 10.2 Å². The highest BCUT2D eigenvalue weighted by Gasteiger charge is 2.10. The summed E-state index contributed by atoms with van der Waals surface area (Å²) >= 11 is 0. The summed E-state index contributed by atoms with van der Waals surface area (Å²) in [6.07, 6.45) is 6.68. The van der Waals surface area contributed by atoms with Gasteiger partial charge in [-0.25, -0.2) is 0 Å². The number of unbranched alkanes of at least 4 members (excludes halogenated alkanes) is 3. The van der Waals surface area contributed by atoms with Crippen LogP contribution in [-0.4, -0.2) is 36.6 Å². The van der Waals surface area contributed by atoms with E-state index >= 15 is 0 Å². The van der Waals surface area contributed by atoms with E-state index in [2.05, 4.69) is 58.8 Å². The fourth-order valence-corrected chi connectivity index (χ4v) is 2.39. The van der Waals surface area contributed by atoms with Crippen molar-refractivity contribution in [2.45, 2.75) is 85.2 Å². The SMILES string of the molecule is CC(C)CC(C)N(C)CCCCCCNC(C)(C)C. The van der Waals surface area contributed by atoms with E-state index < -0.39 is 0 Å². The summed E-state index contributed by atoms with van der Waals surface area (Å²) in [4.78, 5) is 2.52. The molecule has 0 fully saturated rings. The van der Waals surface area contributed by atoms with Gasteiger partial charge in [0.2, 0.25) is 0 Å². The fraction of sp³-hybridized carbons (Fsp3) is 1.00. The Hall–Kier alpha value is -0.0800. The van der Waals surface area contributed by atoms with Crippen LogP contribution in [0.15, 0.2) is 0 Å². The molecule has 0 spiro atoms. The standard InChI is InChI=1S/C17H38N2/c1-15(2)14-16(3)19(7)13-11-9-8-10-12-18-17(4,5)6/h15-16,18H,8-14H2,1-7H3. The van der Waals surface area contributed by atoms with Crippen LogP contribution in [0, 0.1) is 5.92 Å². The van der Waals surface area contributed by atoms with Crippen LogP contribution < -0.4 is 5.32 Å². The summed E-state index contributed by atoms with van der Waals surface area (Å²) in [6.45, 7) is 16.1. The Morgan fingerprint density at radius 1 is 0.947 bits per heavy atom. The van der Waals surface area contributed by atoms with Crippen molar-refractivity contribution in [1.29, 1.82) is 0 Å². The molecule has 116 valence electrons. The maximum Gasteiger partial charge on any atom is 0.00965 e. The molecule has 0 radical (unpaired) electrons. The monoisotopic (exact) mass is 270 g/mol. The summed E-state index contributed by atoms with van der Waals surface area (Å²) in [6, 6.07) is 0.725. The first-order valence-corrected chi connectivity index (χ1v) is 8.17. The molecule has 0 heterocycles. The van der Waals surface area contributed by atoms with Gasteiger partial charge < -0.3 is 10.2 Å². The molecular weight excluding hydrogens is 232 g/mol. The van der Waals surface area contributed by atoms with Crippen LogP contribution in [0.1, 0.15) is 73.6 Å². The molecule has 0 rings (SSSR count). The minimum Gasteiger partial charge on any atom is -0.312 e. The van der Waals surface area contributed by atoms with Gasteiger partial charge in [-0.15, -0.1) is 0 Å². The molecule has 1 unspecified atom stereocenters. The van der Waals surface area contributed by atoms with E-state index in [1.54, 1.807) is 0 Å². The minimum atomic E-state index is 0.270. The molecule has 0 aliphatic rings. The fourth-order valence-electron chi connectivity index (χ4n) is 2.39. The summed E-state index contributed by atoms with van der Waals surface area (Å²) in [5.74, 6) is 0.806. The zero-order chi connectivity index (χ0) is 14.9. The third-order valence-electron chi connectivity index (χ3n) is 3.66. The van der Waals surface area contributed by atoms with Crippen molar-refractivity contribution in [3.05, 3.63) is 0 Å². The second-order valence-electron chi connectivity index (χ2n) is 7.55. The molecule has 0 aromatic carbocycles. The van der Waals surface area contributed by atoms with Crippen LogP contribution >= 0.6 is 0 Å². The van der Waals surface area contributed by atoms with Crippen LogP contribution in [0.25, 0.3) is 0 Å². The van der Waals surface area contributed by atoms with Gasteiger partial charge in [0.1, 0.15) is 0 Å². The molecule has 0 amide bonds. The van der Waals surface area contributed by atoms with Crippen LogP contribution in [0.3, 0.4) is 0 Å². The zero-order valence-electron chi connectivity index (χ0n) is 14.6. The molecule has 1 atom stereocenters. The van der Waals surface area contributed by atoms with E-state index in [1.807, 2.05) is 0 Å². The van der Waals surface area contributed by atoms with Crippen molar-refractivity contribution >= 4 is 0 Å². The number of nitrogens with one attached hydrogen (secondary N) is 1. The lowest BCUT2D eigenvalue weighted by Gasteiger charge is -2.26. The second-order valence-corrected chi connectivity index (χ2v) is 7.55. The molecule has 19 heavy (non-hydrogen) atoms. The van der Waals surface area contributed by atoms with Gasteiger partial charge >= 0.3 is 0 Å². The lowest BCUT2D eigenvalue weighted by atomic mass is 10.0. The van der Waals surface area contributed by atoms with Crippen molar-refractivity contribution in [3.63, 3.8) is 0 Å². The van der Waals surface area contributed by atoms with Gasteiger partial charge in [-0.1, -0.05) is 26.7 Å². The summed E-state index contributed by atoms with van der Waals surface area (Å²) in [5.41, 5.74) is 0.270. The molecule has 2 heteroatoms. The molecule has 1 N–H and O–H groups in total. The summed E-state index contributed by atoms with van der Waals surface area (Å²) in [7, 11) is 2.27. The third-order valence-corrected chi connectivity index (χ3v) is 3.66. The Labute approximate surface area is 122 Å². The first-order valence-electron chi connectivity index (χ1n) is 8.17. The maximum absolute atomic E-state index is 3.55. The highest BCUT2D eigenvalue weighted by molar-refractivity contribution is 4.69. The quantitative estimate of drug-likeness (QED) is 0.595. The number of hydrogen-bond acceptors (Lipinski definition) is 2. The normalized spacial score (nSPS) is 14.4. The van der Waals surface area contributed by atoms with E-state index in [0.717, 1.165) is 18.5 Å². The molecule has 0 saturated heterocycles. The predicted octanol–water partition coefficient (Wildman–Crippen LogP) is 4.30. The molecule has 0 aromatic heterocycles. The number of nitrogens with zero attached hydrogens (tertiary/aromatic N) is 1. The van der Waals surface area contributed by atoms with Gasteiger partial charge in [0, 0.05) is 11.6 Å². The van der Waals surface area contributed by atoms with Gasteiger partial charge in [0.05, 0.1) is 0 Å². The van der Waals surface area contributed by atoms with E-state index in [4.69, 9.17) is 0 Å². The first kappa shape index (κ1) is 18.9. The van der Waals surface area contributed by atoms with Crippen LogP contribution in [-0.2, 0) is 0 Å². The van der Waals surface area contributed by atoms with Gasteiger partial charge in [0.25, 0.3) is 0 Å². The van der Waals surface area contributed by atoms with Crippen LogP contribution in [0.4, 0.5) is 0 Å². The Kier molecular flexibility index (Phi) is 9.72. The Morgan fingerprint density at radius 3 is 2.05 bits per heavy atom. The molecule has 0 aliphatic carbocycles. The second kappa shape index (κ2) is 9.77. The van der Waals surface area contributed by atoms with Crippen LogP contribution in [0.5, 0.6) is 0 Å². The van der Waals surface area contributed by atoms with Crippen molar-refractivity contribution in [3.8, 4) is 0 Å². The average Bonchev–Trinajstić information content (AvgIpc) is 2.24. The molecule has 0 saturated carbocycles. The third kappa shape index (κ3) is 12.7. The maximum atomic E-state index is 3.55. The van der Waals surface area contributed by atoms with E-state index in [-0.39, 0.29) is 5.54 Å². The zero-order valence-corrected chi connectivity index (χ0v) is 14.6. The van der Waals surface area contributed by atoms with Crippen LogP contribution in [0.2, 0.25) is 0 Å². The summed E-state index contributed by atoms with van der Waals surface area (Å²) < 4.78 is 0. The number of rotatable bonds is 10. The molecule has 0 aromatic rings. The lowest BCUT2D eigenvalue weighted by molar-refractivity contribution is 0.223. The molecule has 0 bridgehead atoms. The van der Waals surface area contributed by atoms with Gasteiger partial charge in [-0.05, 0) is 73.0 Å². The van der Waals surface area contributed by atoms with E-state index in [0.29, 0.717) is 0 Å². The lowest BCUT2D eigenvalue weighted by Crippen LogP contribution is -2.36. The Morgan fingerprint density at radius 2 is 1.53 bits per heavy atom. The highest BCUT2D eigenvalue weighted by Crippen LogP contribution is 2.11. The number of hydrogen-bond donors (Lipinski definition) is 1. The van der Waals surface area contributed by atoms with Crippen molar-refractivity contribution in [2.75, 3.05) is 20.1 Å². The smallest absolute Gasteiger partial charge is 0.00965 e. The Bertz CT molecular complexity index is 206.